The highest BCUT2D eigenvalue weighted by molar-refractivity contribution is 5.90. The fourth-order valence-corrected chi connectivity index (χ4v) is 1.71. The van der Waals surface area contributed by atoms with Gasteiger partial charge in [0.1, 0.15) is 6.20 Å². The average molecular weight is 229 g/mol. The summed E-state index contributed by atoms with van der Waals surface area (Å²) in [5.74, 6) is 0. The number of amides is 1. The molecule has 6 heteroatoms. The third-order valence-corrected chi connectivity index (χ3v) is 2.48. The molecule has 1 aliphatic heterocycles. The van der Waals surface area contributed by atoms with E-state index in [0.29, 0.717) is 6.20 Å². The Bertz CT molecular complexity index is 481. The maximum Gasteiger partial charge on any atom is 0.576 e. The Balaban J connectivity index is 2.71. The van der Waals surface area contributed by atoms with Gasteiger partial charge in [0, 0.05) is 17.7 Å². The maximum absolute atomic E-state index is 12.8. The van der Waals surface area contributed by atoms with Crippen LogP contribution in [-0.4, -0.2) is 12.4 Å². The first-order chi connectivity index (χ1) is 7.39. The lowest BCUT2D eigenvalue weighted by Gasteiger charge is -2.31. The number of rotatable bonds is 0. The van der Waals surface area contributed by atoms with Crippen molar-refractivity contribution in [1.29, 1.82) is 0 Å². The number of quaternary nitrogens is 1. The van der Waals surface area contributed by atoms with Crippen molar-refractivity contribution in [2.75, 3.05) is 0 Å². The van der Waals surface area contributed by atoms with E-state index >= 15 is 0 Å². The highest BCUT2D eigenvalue weighted by atomic mass is 19.4. The van der Waals surface area contributed by atoms with Crippen molar-refractivity contribution in [1.82, 2.24) is 4.48 Å². The summed E-state index contributed by atoms with van der Waals surface area (Å²) in [5.41, 5.74) is -0.126. The average Bonchev–Trinajstić information content (AvgIpc) is 2.56. The van der Waals surface area contributed by atoms with Gasteiger partial charge in [0.2, 0.25) is 0 Å². The molecule has 0 fully saturated rings. The van der Waals surface area contributed by atoms with Crippen molar-refractivity contribution in [3.05, 3.63) is 36.0 Å². The summed E-state index contributed by atoms with van der Waals surface area (Å²) in [4.78, 5) is 10.8. The van der Waals surface area contributed by atoms with E-state index in [4.69, 9.17) is 0 Å². The van der Waals surface area contributed by atoms with Gasteiger partial charge in [0.25, 0.3) is 6.09 Å². The Kier molecular flexibility index (Phi) is 2.06. The number of nitrogens with zero attached hydrogens (tertiary/aromatic N) is 1. The van der Waals surface area contributed by atoms with Crippen LogP contribution in [0.15, 0.2) is 30.5 Å². The van der Waals surface area contributed by atoms with E-state index in [1.807, 2.05) is 0 Å². The van der Waals surface area contributed by atoms with Gasteiger partial charge in [-0.25, -0.2) is 0 Å². The molecule has 1 atom stereocenters. The van der Waals surface area contributed by atoms with Gasteiger partial charge in [0.15, 0.2) is 5.69 Å². The minimum absolute atomic E-state index is 0.226. The molecule has 1 heterocycles. The van der Waals surface area contributed by atoms with E-state index in [1.54, 1.807) is 0 Å². The summed E-state index contributed by atoms with van der Waals surface area (Å²) in [7, 11) is 0. The SMILES string of the molecule is O=C([O-])[N+]1(C(F)(F)F)C=Cc2ccccc21. The highest BCUT2D eigenvalue weighted by Gasteiger charge is 2.60. The van der Waals surface area contributed by atoms with Crippen molar-refractivity contribution >= 4 is 17.9 Å². The first kappa shape index (κ1) is 10.7. The summed E-state index contributed by atoms with van der Waals surface area (Å²) in [6.07, 6.45) is -5.49. The normalized spacial score (nSPS) is 23.2. The van der Waals surface area contributed by atoms with Crippen molar-refractivity contribution in [2.45, 2.75) is 6.30 Å². The van der Waals surface area contributed by atoms with Crippen LogP contribution in [-0.2, 0) is 0 Å². The zero-order chi connectivity index (χ0) is 12.0. The van der Waals surface area contributed by atoms with E-state index in [9.17, 15) is 23.1 Å². The summed E-state index contributed by atoms with van der Waals surface area (Å²) in [5, 5.41) is 10.8. The number of para-hydroxylation sites is 1. The molecule has 0 aliphatic carbocycles. The Hall–Kier alpha value is -1.82. The Morgan fingerprint density at radius 3 is 2.44 bits per heavy atom. The molecular weight excluding hydrogens is 223 g/mol. The number of alkyl halides is 3. The molecule has 1 aromatic carbocycles. The molecule has 16 heavy (non-hydrogen) atoms. The second kappa shape index (κ2) is 3.08. The van der Waals surface area contributed by atoms with Crippen LogP contribution in [0.3, 0.4) is 0 Å². The zero-order valence-corrected chi connectivity index (χ0v) is 7.86. The van der Waals surface area contributed by atoms with Crippen LogP contribution in [0.2, 0.25) is 0 Å². The van der Waals surface area contributed by atoms with Gasteiger partial charge >= 0.3 is 6.30 Å². The van der Waals surface area contributed by atoms with Crippen LogP contribution in [0.25, 0.3) is 6.08 Å². The largest absolute Gasteiger partial charge is 0.576 e. The molecule has 0 radical (unpaired) electrons. The van der Waals surface area contributed by atoms with Crippen LogP contribution in [0.1, 0.15) is 5.56 Å². The molecule has 0 aromatic heterocycles. The van der Waals surface area contributed by atoms with Crippen molar-refractivity contribution < 1.29 is 23.1 Å². The molecule has 1 amide bonds. The molecule has 0 bridgehead atoms. The van der Waals surface area contributed by atoms with Crippen LogP contribution in [0.5, 0.6) is 0 Å². The lowest BCUT2D eigenvalue weighted by Crippen LogP contribution is -2.63. The molecule has 84 valence electrons. The number of fused-ring (bicyclic) bond motifs is 1. The topological polar surface area (TPSA) is 40.1 Å². The number of carbonyl (C=O) groups is 1. The maximum atomic E-state index is 12.8. The lowest BCUT2D eigenvalue weighted by molar-refractivity contribution is -0.298. The van der Waals surface area contributed by atoms with Crippen LogP contribution >= 0.6 is 0 Å². The van der Waals surface area contributed by atoms with Gasteiger partial charge in [-0.15, -0.1) is 17.7 Å². The number of carbonyl (C=O) groups excluding carboxylic acids is 1. The van der Waals surface area contributed by atoms with Gasteiger partial charge in [-0.3, -0.25) is 0 Å². The first-order valence-corrected chi connectivity index (χ1v) is 4.35. The Morgan fingerprint density at radius 2 is 1.88 bits per heavy atom. The van der Waals surface area contributed by atoms with Crippen LogP contribution in [0.4, 0.5) is 23.7 Å². The Labute approximate surface area is 88.6 Å². The van der Waals surface area contributed by atoms with Gasteiger partial charge in [-0.05, 0) is 6.07 Å². The predicted octanol–water partition coefficient (Wildman–Crippen LogP) is 1.84. The lowest BCUT2D eigenvalue weighted by atomic mass is 10.2. The minimum Gasteiger partial charge on any atom is -0.497 e. The van der Waals surface area contributed by atoms with Crippen molar-refractivity contribution in [3.8, 4) is 0 Å². The summed E-state index contributed by atoms with van der Waals surface area (Å²) in [6.45, 7) is 0. The molecule has 0 saturated carbocycles. The molecule has 3 nitrogen and oxygen atoms in total. The summed E-state index contributed by atoms with van der Waals surface area (Å²) >= 11 is 0. The number of benzene rings is 1. The number of hydrogen-bond acceptors (Lipinski definition) is 2. The summed E-state index contributed by atoms with van der Waals surface area (Å²) in [6, 6.07) is 5.43. The molecule has 2 rings (SSSR count). The number of hydrogen-bond donors (Lipinski definition) is 0. The molecule has 1 aliphatic rings. The molecular formula is C10H6F3NO2. The van der Waals surface area contributed by atoms with E-state index < -0.39 is 16.9 Å². The zero-order valence-electron chi connectivity index (χ0n) is 7.86. The van der Waals surface area contributed by atoms with E-state index in [2.05, 4.69) is 0 Å². The second-order valence-corrected chi connectivity index (χ2v) is 3.33. The minimum atomic E-state index is -4.97. The fourth-order valence-electron chi connectivity index (χ4n) is 1.71. The third kappa shape index (κ3) is 1.16. The Morgan fingerprint density at radius 1 is 1.25 bits per heavy atom. The fraction of sp³-hybridized carbons (Fsp3) is 0.100. The molecule has 0 spiro atoms. The van der Waals surface area contributed by atoms with Gasteiger partial charge < -0.3 is 9.90 Å². The van der Waals surface area contributed by atoms with Crippen LogP contribution in [0, 0.1) is 0 Å². The molecule has 1 unspecified atom stereocenters. The monoisotopic (exact) mass is 229 g/mol. The van der Waals surface area contributed by atoms with Crippen molar-refractivity contribution in [3.63, 3.8) is 0 Å². The number of halogens is 3. The van der Waals surface area contributed by atoms with E-state index in [0.717, 1.165) is 12.1 Å². The molecule has 0 N–H and O–H groups in total. The van der Waals surface area contributed by atoms with Crippen LogP contribution < -0.4 is 9.59 Å². The molecule has 0 saturated heterocycles. The van der Waals surface area contributed by atoms with E-state index in [1.165, 1.54) is 18.2 Å². The first-order valence-electron chi connectivity index (χ1n) is 4.35. The van der Waals surface area contributed by atoms with Gasteiger partial charge in [-0.2, -0.15) is 0 Å². The third-order valence-electron chi connectivity index (χ3n) is 2.48. The number of carboxylic acid groups (broad SMARTS) is 1. The standard InChI is InChI=1S/C10H6F3NO2/c11-10(12,13)14(9(15)16)6-5-7-3-1-2-4-8(7)14/h1-6H. The van der Waals surface area contributed by atoms with Gasteiger partial charge in [0.05, 0.1) is 0 Å². The summed E-state index contributed by atoms with van der Waals surface area (Å²) < 4.78 is 36.3. The smallest absolute Gasteiger partial charge is 0.497 e. The molecule has 1 aromatic rings. The van der Waals surface area contributed by atoms with Gasteiger partial charge in [-0.1, -0.05) is 12.1 Å². The quantitative estimate of drug-likeness (QED) is 0.503. The second-order valence-electron chi connectivity index (χ2n) is 3.33. The van der Waals surface area contributed by atoms with E-state index in [-0.39, 0.29) is 11.3 Å². The highest BCUT2D eigenvalue weighted by Crippen LogP contribution is 2.44. The predicted molar refractivity (Wildman–Crippen MR) is 48.7 cm³/mol. The van der Waals surface area contributed by atoms with Crippen molar-refractivity contribution in [2.24, 2.45) is 0 Å².